The molecule has 3 aromatic carbocycles. The van der Waals surface area contributed by atoms with Crippen molar-refractivity contribution in [3.8, 4) is 0 Å². The fourth-order valence-corrected chi connectivity index (χ4v) is 6.53. The number of nitrogens with zero attached hydrogens (tertiary/aromatic N) is 2. The van der Waals surface area contributed by atoms with Gasteiger partial charge in [0.1, 0.15) is 12.6 Å². The van der Waals surface area contributed by atoms with Gasteiger partial charge in [-0.05, 0) is 80.8 Å². The van der Waals surface area contributed by atoms with Gasteiger partial charge in [-0.2, -0.15) is 0 Å². The van der Waals surface area contributed by atoms with E-state index in [0.29, 0.717) is 10.0 Å². The van der Waals surface area contributed by atoms with Crippen molar-refractivity contribution in [1.29, 1.82) is 0 Å². The minimum Gasteiger partial charge on any atom is -0.352 e. The molecule has 1 saturated carbocycles. The van der Waals surface area contributed by atoms with Crippen molar-refractivity contribution < 1.29 is 18.0 Å². The molecule has 0 saturated heterocycles. The second kappa shape index (κ2) is 13.1. The summed E-state index contributed by atoms with van der Waals surface area (Å²) in [5.41, 5.74) is 1.91. The molecular weight excluding hydrogens is 569 g/mol. The summed E-state index contributed by atoms with van der Waals surface area (Å²) < 4.78 is 28.8. The molecule has 1 atom stereocenters. The minimum atomic E-state index is -4.14. The van der Waals surface area contributed by atoms with E-state index in [9.17, 15) is 18.0 Å². The Morgan fingerprint density at radius 1 is 0.950 bits per heavy atom. The quantitative estimate of drug-likeness (QED) is 0.310. The minimum absolute atomic E-state index is 0.0502. The zero-order valence-corrected chi connectivity index (χ0v) is 24.8. The number of benzene rings is 3. The molecule has 7 nitrogen and oxygen atoms in total. The van der Waals surface area contributed by atoms with Crippen molar-refractivity contribution >= 4 is 50.7 Å². The number of carbonyl (C=O) groups is 2. The third kappa shape index (κ3) is 7.36. The molecule has 0 spiro atoms. The molecule has 0 radical (unpaired) electrons. The van der Waals surface area contributed by atoms with Gasteiger partial charge >= 0.3 is 0 Å². The zero-order valence-electron chi connectivity index (χ0n) is 22.5. The van der Waals surface area contributed by atoms with E-state index in [4.69, 9.17) is 23.2 Å². The van der Waals surface area contributed by atoms with Gasteiger partial charge in [0.15, 0.2) is 0 Å². The van der Waals surface area contributed by atoms with E-state index in [2.05, 4.69) is 5.32 Å². The lowest BCUT2D eigenvalue weighted by atomic mass is 10.1. The summed E-state index contributed by atoms with van der Waals surface area (Å²) in [6.07, 6.45) is 3.91. The van der Waals surface area contributed by atoms with Crippen LogP contribution in [-0.4, -0.2) is 43.8 Å². The number of rotatable bonds is 10. The Morgan fingerprint density at radius 3 is 2.23 bits per heavy atom. The first-order valence-electron chi connectivity index (χ1n) is 13.2. The van der Waals surface area contributed by atoms with Gasteiger partial charge in [0.25, 0.3) is 10.0 Å². The molecule has 0 bridgehead atoms. The number of sulfonamides is 1. The summed E-state index contributed by atoms with van der Waals surface area (Å²) in [5, 5.41) is 3.99. The van der Waals surface area contributed by atoms with Gasteiger partial charge in [-0.1, -0.05) is 65.9 Å². The van der Waals surface area contributed by atoms with Crippen molar-refractivity contribution in [2.75, 3.05) is 10.8 Å². The van der Waals surface area contributed by atoms with Crippen molar-refractivity contribution in [1.82, 2.24) is 10.2 Å². The average molecular weight is 603 g/mol. The third-order valence-electron chi connectivity index (χ3n) is 7.11. The molecule has 0 heterocycles. The van der Waals surface area contributed by atoms with E-state index in [1.165, 1.54) is 17.0 Å². The number of nitrogens with one attached hydrogen (secondary N) is 1. The maximum absolute atomic E-state index is 14.0. The molecule has 1 unspecified atom stereocenters. The molecule has 3 aromatic rings. The van der Waals surface area contributed by atoms with Crippen LogP contribution in [0.1, 0.15) is 43.7 Å². The van der Waals surface area contributed by atoms with E-state index in [1.54, 1.807) is 61.5 Å². The van der Waals surface area contributed by atoms with Crippen LogP contribution in [0.25, 0.3) is 0 Å². The topological polar surface area (TPSA) is 86.8 Å². The Labute approximate surface area is 246 Å². The maximum Gasteiger partial charge on any atom is 0.264 e. The van der Waals surface area contributed by atoms with Crippen molar-refractivity contribution in [2.45, 2.75) is 63.1 Å². The Morgan fingerprint density at radius 2 is 1.60 bits per heavy atom. The number of halogens is 2. The first-order valence-corrected chi connectivity index (χ1v) is 15.4. The summed E-state index contributed by atoms with van der Waals surface area (Å²) >= 11 is 12.3. The highest BCUT2D eigenvalue weighted by molar-refractivity contribution is 7.92. The van der Waals surface area contributed by atoms with Crippen LogP contribution in [0.2, 0.25) is 10.0 Å². The highest BCUT2D eigenvalue weighted by atomic mass is 35.5. The van der Waals surface area contributed by atoms with Crippen LogP contribution in [0.4, 0.5) is 5.69 Å². The second-order valence-corrected chi connectivity index (χ2v) is 12.9. The molecule has 1 fully saturated rings. The fraction of sp³-hybridized carbons (Fsp3) is 0.333. The van der Waals surface area contributed by atoms with Crippen LogP contribution >= 0.6 is 23.2 Å². The van der Waals surface area contributed by atoms with Crippen molar-refractivity contribution in [2.24, 2.45) is 0 Å². The monoisotopic (exact) mass is 601 g/mol. The van der Waals surface area contributed by atoms with Gasteiger partial charge in [0, 0.05) is 22.6 Å². The maximum atomic E-state index is 14.0. The molecule has 40 heavy (non-hydrogen) atoms. The van der Waals surface area contributed by atoms with E-state index < -0.39 is 28.5 Å². The Bertz CT molecular complexity index is 1440. The number of aryl methyl sites for hydroxylation is 1. The normalized spacial score (nSPS) is 14.5. The number of anilines is 1. The first-order chi connectivity index (χ1) is 19.0. The third-order valence-corrected chi connectivity index (χ3v) is 9.39. The van der Waals surface area contributed by atoms with Crippen LogP contribution in [0.3, 0.4) is 0 Å². The Hall–Kier alpha value is -3.07. The number of hydrogen-bond donors (Lipinski definition) is 1. The number of amides is 2. The predicted molar refractivity (Wildman–Crippen MR) is 159 cm³/mol. The van der Waals surface area contributed by atoms with Crippen LogP contribution in [-0.2, 0) is 26.2 Å². The highest BCUT2D eigenvalue weighted by Gasteiger charge is 2.33. The van der Waals surface area contributed by atoms with E-state index >= 15 is 0 Å². The molecule has 0 aliphatic heterocycles. The number of carbonyl (C=O) groups excluding carboxylic acids is 2. The molecule has 0 aromatic heterocycles. The molecule has 1 aliphatic carbocycles. The van der Waals surface area contributed by atoms with Gasteiger partial charge in [-0.3, -0.25) is 13.9 Å². The molecule has 10 heteroatoms. The van der Waals surface area contributed by atoms with Crippen LogP contribution in [0.5, 0.6) is 0 Å². The van der Waals surface area contributed by atoms with Crippen LogP contribution in [0.15, 0.2) is 77.7 Å². The number of hydrogen-bond acceptors (Lipinski definition) is 4. The van der Waals surface area contributed by atoms with E-state index in [-0.39, 0.29) is 29.1 Å². The predicted octanol–water partition coefficient (Wildman–Crippen LogP) is 5.97. The average Bonchev–Trinajstić information content (AvgIpc) is 3.44. The fourth-order valence-electron chi connectivity index (χ4n) is 4.78. The SMILES string of the molecule is Cc1ccc(S(=O)(=O)N(CC(=O)N(Cc2cccc(Cl)c2)C(C)C(=O)NC2CCCC2)c2ccc(Cl)cc2)cc1. The summed E-state index contributed by atoms with van der Waals surface area (Å²) in [4.78, 5) is 28.7. The molecular formula is C30H33Cl2N3O4S. The molecule has 2 amide bonds. The van der Waals surface area contributed by atoms with Crippen molar-refractivity contribution in [3.05, 3.63) is 94.0 Å². The molecule has 4 rings (SSSR count). The van der Waals surface area contributed by atoms with Gasteiger partial charge in [-0.25, -0.2) is 8.42 Å². The van der Waals surface area contributed by atoms with Crippen molar-refractivity contribution in [3.63, 3.8) is 0 Å². The highest BCUT2D eigenvalue weighted by Crippen LogP contribution is 2.27. The van der Waals surface area contributed by atoms with E-state index in [0.717, 1.165) is 41.1 Å². The zero-order chi connectivity index (χ0) is 28.9. The lowest BCUT2D eigenvalue weighted by molar-refractivity contribution is -0.139. The standard InChI is InChI=1S/C30H33Cl2N3O4S/c1-21-10-16-28(17-11-21)40(38,39)35(27-14-12-24(31)13-15-27)20-29(36)34(19-23-6-5-7-25(32)18-23)22(2)30(37)33-26-8-3-4-9-26/h5-7,10-18,22,26H,3-4,8-9,19-20H2,1-2H3,(H,33,37). The van der Waals surface area contributed by atoms with E-state index in [1.807, 2.05) is 13.0 Å². The van der Waals surface area contributed by atoms with Crippen LogP contribution < -0.4 is 9.62 Å². The van der Waals surface area contributed by atoms with Gasteiger partial charge in [-0.15, -0.1) is 0 Å². The van der Waals surface area contributed by atoms with Crippen LogP contribution in [0, 0.1) is 6.92 Å². The summed E-state index contributed by atoms with van der Waals surface area (Å²) in [6.45, 7) is 3.09. The largest absolute Gasteiger partial charge is 0.352 e. The molecule has 1 N–H and O–H groups in total. The lowest BCUT2D eigenvalue weighted by Gasteiger charge is -2.32. The van der Waals surface area contributed by atoms with Gasteiger partial charge in [0.2, 0.25) is 11.8 Å². The summed E-state index contributed by atoms with van der Waals surface area (Å²) in [7, 11) is -4.14. The molecule has 1 aliphatic rings. The first kappa shape index (κ1) is 29.9. The summed E-state index contributed by atoms with van der Waals surface area (Å²) in [6, 6.07) is 18.9. The van der Waals surface area contributed by atoms with Gasteiger partial charge < -0.3 is 10.2 Å². The Kier molecular flexibility index (Phi) is 9.77. The Balaban J connectivity index is 1.68. The summed E-state index contributed by atoms with van der Waals surface area (Å²) in [5.74, 6) is -0.804. The molecule has 212 valence electrons. The lowest BCUT2D eigenvalue weighted by Crippen LogP contribution is -2.52. The second-order valence-electron chi connectivity index (χ2n) is 10.1. The smallest absolute Gasteiger partial charge is 0.264 e. The van der Waals surface area contributed by atoms with Gasteiger partial charge in [0.05, 0.1) is 10.6 Å².